The van der Waals surface area contributed by atoms with Gasteiger partial charge in [-0.05, 0) is 25.1 Å². The molecule has 0 aromatic carbocycles. The van der Waals surface area contributed by atoms with E-state index in [1.54, 1.807) is 31.0 Å². The van der Waals surface area contributed by atoms with Crippen molar-refractivity contribution in [3.8, 4) is 34.3 Å². The number of hydrogen-bond acceptors (Lipinski definition) is 7. The van der Waals surface area contributed by atoms with E-state index < -0.39 is 0 Å². The number of hydrogen-bond donors (Lipinski definition) is 3. The summed E-state index contributed by atoms with van der Waals surface area (Å²) in [7, 11) is 0. The van der Waals surface area contributed by atoms with Gasteiger partial charge in [-0.15, -0.1) is 0 Å². The molecule has 10 heteroatoms. The van der Waals surface area contributed by atoms with Gasteiger partial charge in [0.2, 0.25) is 0 Å². The number of aryl methyl sites for hydroxylation is 1. The third-order valence-electron chi connectivity index (χ3n) is 5.03. The van der Waals surface area contributed by atoms with Crippen LogP contribution in [0.25, 0.3) is 50.5 Å². The Labute approximate surface area is 174 Å². The van der Waals surface area contributed by atoms with Crippen molar-refractivity contribution >= 4 is 21.9 Å². The van der Waals surface area contributed by atoms with Crippen LogP contribution in [0, 0.1) is 6.92 Å². The first-order valence-corrected chi connectivity index (χ1v) is 9.50. The predicted octanol–water partition coefficient (Wildman–Crippen LogP) is 3.16. The maximum atomic E-state index is 9.75. The molecule has 150 valence electrons. The first-order chi connectivity index (χ1) is 15.2. The highest BCUT2D eigenvalue weighted by Gasteiger charge is 2.17. The molecule has 0 fully saturated rings. The Balaban J connectivity index is 1.51. The first kappa shape index (κ1) is 17.3. The van der Waals surface area contributed by atoms with Gasteiger partial charge in [0.25, 0.3) is 0 Å². The van der Waals surface area contributed by atoms with Crippen LogP contribution in [0.2, 0.25) is 0 Å². The molecule has 0 bridgehead atoms. The van der Waals surface area contributed by atoms with Gasteiger partial charge in [-0.1, -0.05) is 0 Å². The second kappa shape index (κ2) is 6.46. The fourth-order valence-corrected chi connectivity index (χ4v) is 3.58. The molecule has 0 aliphatic rings. The summed E-state index contributed by atoms with van der Waals surface area (Å²) < 4.78 is 1.85. The van der Waals surface area contributed by atoms with E-state index >= 15 is 0 Å². The monoisotopic (exact) mass is 409 g/mol. The van der Waals surface area contributed by atoms with Gasteiger partial charge in [0.05, 0.1) is 34.8 Å². The van der Waals surface area contributed by atoms with Gasteiger partial charge in [0.1, 0.15) is 23.3 Å². The van der Waals surface area contributed by atoms with E-state index in [-0.39, 0.29) is 5.75 Å². The van der Waals surface area contributed by atoms with Crippen LogP contribution >= 0.6 is 0 Å². The number of rotatable bonds is 3. The minimum absolute atomic E-state index is 0.0823. The fourth-order valence-electron chi connectivity index (χ4n) is 3.58. The van der Waals surface area contributed by atoms with Crippen LogP contribution in [-0.4, -0.2) is 49.8 Å². The smallest absolute Gasteiger partial charge is 0.166 e. The van der Waals surface area contributed by atoms with E-state index in [1.807, 2.05) is 29.8 Å². The third-order valence-corrected chi connectivity index (χ3v) is 5.03. The predicted molar refractivity (Wildman–Crippen MR) is 114 cm³/mol. The molecule has 6 rings (SSSR count). The van der Waals surface area contributed by atoms with Crippen molar-refractivity contribution in [2.75, 3.05) is 0 Å². The quantitative estimate of drug-likeness (QED) is 0.409. The van der Waals surface area contributed by atoms with E-state index in [4.69, 9.17) is 4.98 Å². The summed E-state index contributed by atoms with van der Waals surface area (Å²) in [5.41, 5.74) is 5.28. The van der Waals surface area contributed by atoms with Crippen LogP contribution in [0.15, 0.2) is 55.5 Å². The van der Waals surface area contributed by atoms with Crippen molar-refractivity contribution in [1.82, 2.24) is 44.7 Å². The van der Waals surface area contributed by atoms with E-state index in [0.717, 1.165) is 27.6 Å². The molecular weight excluding hydrogens is 394 g/mol. The van der Waals surface area contributed by atoms with E-state index in [1.165, 1.54) is 6.20 Å². The minimum atomic E-state index is 0.0823. The molecule has 6 aromatic rings. The molecule has 0 aliphatic carbocycles. The summed E-state index contributed by atoms with van der Waals surface area (Å²) in [6.07, 6.45) is 10.1. The van der Waals surface area contributed by atoms with Gasteiger partial charge in [0.15, 0.2) is 11.6 Å². The molecule has 0 spiro atoms. The summed E-state index contributed by atoms with van der Waals surface area (Å²) >= 11 is 0. The molecule has 0 amide bonds. The molecule has 0 saturated heterocycles. The third kappa shape index (κ3) is 2.81. The second-order valence-corrected chi connectivity index (χ2v) is 7.16. The molecule has 0 aliphatic heterocycles. The van der Waals surface area contributed by atoms with Crippen molar-refractivity contribution in [2.24, 2.45) is 0 Å². The van der Waals surface area contributed by atoms with Crippen molar-refractivity contribution < 1.29 is 5.11 Å². The number of nitrogens with one attached hydrogen (secondary N) is 2. The molecule has 0 radical (unpaired) electrons. The van der Waals surface area contributed by atoms with Crippen molar-refractivity contribution in [2.45, 2.75) is 6.92 Å². The highest BCUT2D eigenvalue weighted by molar-refractivity contribution is 5.95. The molecule has 0 saturated carbocycles. The molecule has 6 heterocycles. The highest BCUT2D eigenvalue weighted by atomic mass is 16.3. The van der Waals surface area contributed by atoms with E-state index in [0.29, 0.717) is 28.6 Å². The van der Waals surface area contributed by atoms with Crippen molar-refractivity contribution in [3.63, 3.8) is 0 Å². The van der Waals surface area contributed by atoms with Crippen LogP contribution in [0.3, 0.4) is 0 Å². The standard InChI is InChI=1S/C21H15N9O/c1-11-9-30(10-25-11)21-19-15(2-3-23-21)26-20(27-19)18-14-5-16(24-8-17(14)28-29-18)12-4-13(31)7-22-6-12/h2-10,31H,1H3,(H,26,27)(H,28,29). The number of aromatic amines is 2. The maximum Gasteiger partial charge on any atom is 0.166 e. The maximum absolute atomic E-state index is 9.75. The molecule has 3 N–H and O–H groups in total. The van der Waals surface area contributed by atoms with E-state index in [9.17, 15) is 5.11 Å². The Kier molecular flexibility index (Phi) is 3.60. The topological polar surface area (TPSA) is 134 Å². The molecule has 6 aromatic heterocycles. The number of H-pyrrole nitrogens is 2. The Morgan fingerprint density at radius 2 is 1.97 bits per heavy atom. The lowest BCUT2D eigenvalue weighted by molar-refractivity contribution is 0.473. The Bertz CT molecular complexity index is 1580. The largest absolute Gasteiger partial charge is 0.506 e. The zero-order chi connectivity index (χ0) is 20.9. The Morgan fingerprint density at radius 3 is 2.81 bits per heavy atom. The Morgan fingerprint density at radius 1 is 1.03 bits per heavy atom. The van der Waals surface area contributed by atoms with Gasteiger partial charge in [-0.25, -0.2) is 15.0 Å². The zero-order valence-corrected chi connectivity index (χ0v) is 16.3. The first-order valence-electron chi connectivity index (χ1n) is 9.50. The summed E-state index contributed by atoms with van der Waals surface area (Å²) in [6, 6.07) is 5.39. The van der Waals surface area contributed by atoms with Gasteiger partial charge < -0.3 is 10.1 Å². The zero-order valence-electron chi connectivity index (χ0n) is 16.3. The SMILES string of the molecule is Cc1cn(-c2nccc3[nH]c(-c4n[nH]c5cnc(-c6cncc(O)c6)cc45)nc23)cn1. The van der Waals surface area contributed by atoms with Crippen LogP contribution in [-0.2, 0) is 0 Å². The lowest BCUT2D eigenvalue weighted by Gasteiger charge is -2.01. The van der Waals surface area contributed by atoms with E-state index in [2.05, 4.69) is 35.1 Å². The number of nitrogens with zero attached hydrogens (tertiary/aromatic N) is 7. The lowest BCUT2D eigenvalue weighted by atomic mass is 10.1. The van der Waals surface area contributed by atoms with Gasteiger partial charge in [-0.3, -0.25) is 19.6 Å². The molecular formula is C21H15N9O. The summed E-state index contributed by atoms with van der Waals surface area (Å²) in [5, 5.41) is 18.1. The average molecular weight is 409 g/mol. The number of imidazole rings is 2. The molecule has 0 atom stereocenters. The summed E-state index contributed by atoms with van der Waals surface area (Å²) in [5.74, 6) is 1.38. The summed E-state index contributed by atoms with van der Waals surface area (Å²) in [4.78, 5) is 25.4. The number of pyridine rings is 3. The van der Waals surface area contributed by atoms with Gasteiger partial charge in [-0.2, -0.15) is 5.10 Å². The number of fused-ring (bicyclic) bond motifs is 2. The Hall–Kier alpha value is -4.60. The minimum Gasteiger partial charge on any atom is -0.506 e. The molecule has 31 heavy (non-hydrogen) atoms. The van der Waals surface area contributed by atoms with Crippen molar-refractivity contribution in [1.29, 1.82) is 0 Å². The number of aromatic nitrogens is 9. The fraction of sp³-hybridized carbons (Fsp3) is 0.0476. The van der Waals surface area contributed by atoms with Gasteiger partial charge in [0, 0.05) is 29.5 Å². The number of aromatic hydroxyl groups is 1. The average Bonchev–Trinajstić information content (AvgIpc) is 3.50. The molecule has 10 nitrogen and oxygen atoms in total. The van der Waals surface area contributed by atoms with Crippen LogP contribution in [0.4, 0.5) is 0 Å². The summed E-state index contributed by atoms with van der Waals surface area (Å²) in [6.45, 7) is 1.93. The van der Waals surface area contributed by atoms with Crippen LogP contribution in [0.5, 0.6) is 5.75 Å². The second-order valence-electron chi connectivity index (χ2n) is 7.16. The highest BCUT2D eigenvalue weighted by Crippen LogP contribution is 2.30. The molecule has 0 unspecified atom stereocenters. The van der Waals surface area contributed by atoms with Gasteiger partial charge >= 0.3 is 0 Å². The lowest BCUT2D eigenvalue weighted by Crippen LogP contribution is -1.95. The van der Waals surface area contributed by atoms with Crippen LogP contribution in [0.1, 0.15) is 5.69 Å². The van der Waals surface area contributed by atoms with Crippen molar-refractivity contribution in [3.05, 3.63) is 61.2 Å². The normalized spacial score (nSPS) is 11.5. The van der Waals surface area contributed by atoms with Crippen LogP contribution < -0.4 is 0 Å².